The number of carboxylic acid groups (broad SMARTS) is 1. The topological polar surface area (TPSA) is 66.8 Å². The van der Waals surface area contributed by atoms with Crippen molar-refractivity contribution >= 4 is 17.6 Å². The van der Waals surface area contributed by atoms with Crippen LogP contribution < -0.4 is 4.74 Å². The van der Waals surface area contributed by atoms with E-state index in [1.807, 2.05) is 13.8 Å². The molecule has 0 fully saturated rings. The predicted molar refractivity (Wildman–Crippen MR) is 89.5 cm³/mol. The second-order valence-corrected chi connectivity index (χ2v) is 6.28. The van der Waals surface area contributed by atoms with Crippen LogP contribution in [0.5, 0.6) is 11.5 Å². The monoisotopic (exact) mass is 370 g/mol. The van der Waals surface area contributed by atoms with Gasteiger partial charge in [-0.05, 0) is 23.1 Å². The third-order valence-electron chi connectivity index (χ3n) is 3.67. The first-order valence-corrected chi connectivity index (χ1v) is 7.91. The summed E-state index contributed by atoms with van der Waals surface area (Å²) in [6.45, 7) is 3.00. The number of phenols is 1. The van der Waals surface area contributed by atoms with Crippen LogP contribution in [0.3, 0.4) is 0 Å². The minimum Gasteiger partial charge on any atom is -0.508 e. The Balaban J connectivity index is 2.36. The number of phenolic OH excluding ortho intramolecular Hbond substituents is 1. The van der Waals surface area contributed by atoms with Gasteiger partial charge in [0.15, 0.2) is 18.2 Å². The van der Waals surface area contributed by atoms with Gasteiger partial charge in [0.1, 0.15) is 5.75 Å². The van der Waals surface area contributed by atoms with E-state index in [1.165, 1.54) is 6.07 Å². The van der Waals surface area contributed by atoms with E-state index in [-0.39, 0.29) is 28.7 Å². The highest BCUT2D eigenvalue weighted by atomic mass is 35.5. The molecule has 0 aliphatic carbocycles. The Morgan fingerprint density at radius 2 is 1.92 bits per heavy atom. The van der Waals surface area contributed by atoms with Gasteiger partial charge in [0, 0.05) is 18.1 Å². The standard InChI is InChI=1S/C18H17ClF2O4/c1-9(2)11-5-10(3-4-14(11)22)6-12-13(19)7-15(18(21)17(12)20)25-8-16(23)24/h3-5,7,9,22H,6,8H2,1-2H3,(H,23,24). The number of rotatable bonds is 6. The number of hydrogen-bond donors (Lipinski definition) is 2. The van der Waals surface area contributed by atoms with Crippen LogP contribution in [0, 0.1) is 11.6 Å². The minimum absolute atomic E-state index is 0.0147. The summed E-state index contributed by atoms with van der Waals surface area (Å²) >= 11 is 6.02. The van der Waals surface area contributed by atoms with E-state index in [2.05, 4.69) is 0 Å². The van der Waals surface area contributed by atoms with Crippen LogP contribution in [0.1, 0.15) is 36.5 Å². The number of ether oxygens (including phenoxy) is 1. The highest BCUT2D eigenvalue weighted by Crippen LogP contribution is 2.33. The zero-order valence-electron chi connectivity index (χ0n) is 13.6. The summed E-state index contributed by atoms with van der Waals surface area (Å²) in [6.07, 6.45) is 0.0147. The lowest BCUT2D eigenvalue weighted by Gasteiger charge is -2.13. The predicted octanol–water partition coefficient (Wildman–Crippen LogP) is 4.50. The number of aliphatic carboxylic acids is 1. The molecule has 134 valence electrons. The third kappa shape index (κ3) is 4.39. The summed E-state index contributed by atoms with van der Waals surface area (Å²) in [4.78, 5) is 10.5. The molecule has 0 bridgehead atoms. The van der Waals surface area contributed by atoms with Gasteiger partial charge in [-0.3, -0.25) is 0 Å². The molecule has 0 aromatic heterocycles. The molecular weight excluding hydrogens is 354 g/mol. The Kier molecular flexibility index (Phi) is 5.85. The van der Waals surface area contributed by atoms with Gasteiger partial charge in [0.25, 0.3) is 0 Å². The highest BCUT2D eigenvalue weighted by Gasteiger charge is 2.20. The maximum absolute atomic E-state index is 14.3. The molecule has 0 amide bonds. The molecular formula is C18H17ClF2O4. The maximum atomic E-state index is 14.3. The van der Waals surface area contributed by atoms with Crippen LogP contribution in [-0.2, 0) is 11.2 Å². The number of carbonyl (C=O) groups is 1. The summed E-state index contributed by atoms with van der Waals surface area (Å²) in [5.74, 6) is -4.15. The second kappa shape index (κ2) is 7.70. The summed E-state index contributed by atoms with van der Waals surface area (Å²) in [7, 11) is 0. The molecule has 0 spiro atoms. The fourth-order valence-corrected chi connectivity index (χ4v) is 2.65. The molecule has 4 nitrogen and oxygen atoms in total. The van der Waals surface area contributed by atoms with Crippen molar-refractivity contribution in [2.45, 2.75) is 26.2 Å². The summed E-state index contributed by atoms with van der Waals surface area (Å²) < 4.78 is 33.1. The van der Waals surface area contributed by atoms with E-state index in [9.17, 15) is 18.7 Å². The maximum Gasteiger partial charge on any atom is 0.341 e. The Bertz CT molecular complexity index is 806. The van der Waals surface area contributed by atoms with Gasteiger partial charge in [0.05, 0.1) is 5.02 Å². The Morgan fingerprint density at radius 3 is 2.52 bits per heavy atom. The largest absolute Gasteiger partial charge is 0.508 e. The van der Waals surface area contributed by atoms with E-state index < -0.39 is 30.0 Å². The van der Waals surface area contributed by atoms with Crippen LogP contribution in [0.2, 0.25) is 5.02 Å². The molecule has 2 rings (SSSR count). The van der Waals surface area contributed by atoms with Crippen molar-refractivity contribution in [3.05, 3.63) is 57.6 Å². The molecule has 2 N–H and O–H groups in total. The highest BCUT2D eigenvalue weighted by molar-refractivity contribution is 6.31. The number of aromatic hydroxyl groups is 1. The van der Waals surface area contributed by atoms with Gasteiger partial charge in [-0.2, -0.15) is 4.39 Å². The van der Waals surface area contributed by atoms with Gasteiger partial charge < -0.3 is 14.9 Å². The molecule has 0 atom stereocenters. The average Bonchev–Trinajstić information content (AvgIpc) is 2.54. The molecule has 0 aliphatic rings. The fraction of sp³-hybridized carbons (Fsp3) is 0.278. The molecule has 0 saturated heterocycles. The van der Waals surface area contributed by atoms with Crippen molar-refractivity contribution in [1.29, 1.82) is 0 Å². The first-order valence-electron chi connectivity index (χ1n) is 7.53. The van der Waals surface area contributed by atoms with Crippen LogP contribution in [0.25, 0.3) is 0 Å². The number of halogens is 3. The Morgan fingerprint density at radius 1 is 1.24 bits per heavy atom. The molecule has 0 saturated carbocycles. The number of hydrogen-bond acceptors (Lipinski definition) is 3. The third-order valence-corrected chi connectivity index (χ3v) is 4.00. The lowest BCUT2D eigenvalue weighted by Crippen LogP contribution is -2.11. The fourth-order valence-electron chi connectivity index (χ4n) is 2.40. The van der Waals surface area contributed by atoms with Crippen LogP contribution in [0.4, 0.5) is 8.78 Å². The summed E-state index contributed by atoms with van der Waals surface area (Å²) in [6, 6.07) is 5.87. The zero-order valence-corrected chi connectivity index (χ0v) is 14.4. The molecule has 2 aromatic rings. The van der Waals surface area contributed by atoms with Crippen molar-refractivity contribution in [1.82, 2.24) is 0 Å². The zero-order chi connectivity index (χ0) is 18.7. The molecule has 7 heteroatoms. The number of carboxylic acids is 1. The van der Waals surface area contributed by atoms with Crippen molar-refractivity contribution in [3.63, 3.8) is 0 Å². The first-order chi connectivity index (χ1) is 11.7. The molecule has 0 radical (unpaired) electrons. The first kappa shape index (κ1) is 19.0. The Hall–Kier alpha value is -2.34. The van der Waals surface area contributed by atoms with Gasteiger partial charge in [0.2, 0.25) is 5.82 Å². The molecule has 25 heavy (non-hydrogen) atoms. The minimum atomic E-state index is -1.31. The van der Waals surface area contributed by atoms with Gasteiger partial charge in [-0.15, -0.1) is 0 Å². The number of benzene rings is 2. The van der Waals surface area contributed by atoms with E-state index >= 15 is 0 Å². The van der Waals surface area contributed by atoms with Crippen LogP contribution in [0.15, 0.2) is 24.3 Å². The van der Waals surface area contributed by atoms with Crippen molar-refractivity contribution in [2.24, 2.45) is 0 Å². The van der Waals surface area contributed by atoms with E-state index in [0.29, 0.717) is 11.1 Å². The quantitative estimate of drug-likeness (QED) is 0.735. The van der Waals surface area contributed by atoms with Gasteiger partial charge in [-0.1, -0.05) is 37.6 Å². The van der Waals surface area contributed by atoms with E-state index in [1.54, 1.807) is 12.1 Å². The summed E-state index contributed by atoms with van der Waals surface area (Å²) in [5.41, 5.74) is 1.28. The molecule has 2 aromatic carbocycles. The second-order valence-electron chi connectivity index (χ2n) is 5.87. The van der Waals surface area contributed by atoms with Gasteiger partial charge >= 0.3 is 5.97 Å². The van der Waals surface area contributed by atoms with E-state index in [0.717, 1.165) is 6.07 Å². The van der Waals surface area contributed by atoms with Crippen LogP contribution in [-0.4, -0.2) is 22.8 Å². The van der Waals surface area contributed by atoms with Crippen molar-refractivity contribution in [3.8, 4) is 11.5 Å². The average molecular weight is 371 g/mol. The molecule has 0 heterocycles. The lowest BCUT2D eigenvalue weighted by atomic mass is 9.96. The molecule has 0 unspecified atom stereocenters. The van der Waals surface area contributed by atoms with Crippen molar-refractivity contribution in [2.75, 3.05) is 6.61 Å². The molecule has 0 aliphatic heterocycles. The lowest BCUT2D eigenvalue weighted by molar-refractivity contribution is -0.139. The van der Waals surface area contributed by atoms with Crippen molar-refractivity contribution < 1.29 is 28.5 Å². The van der Waals surface area contributed by atoms with Gasteiger partial charge in [-0.25, -0.2) is 9.18 Å². The summed E-state index contributed by atoms with van der Waals surface area (Å²) in [5, 5.41) is 18.3. The smallest absolute Gasteiger partial charge is 0.341 e. The van der Waals surface area contributed by atoms with E-state index in [4.69, 9.17) is 21.4 Å². The normalized spacial score (nSPS) is 11.0. The van der Waals surface area contributed by atoms with Crippen LogP contribution >= 0.6 is 11.6 Å². The SMILES string of the molecule is CC(C)c1cc(Cc2c(Cl)cc(OCC(=O)O)c(F)c2F)ccc1O. The Labute approximate surface area is 148 Å².